The quantitative estimate of drug-likeness (QED) is 0.671. The Hall–Kier alpha value is -2.08. The summed E-state index contributed by atoms with van der Waals surface area (Å²) >= 11 is 12.0. The van der Waals surface area contributed by atoms with E-state index >= 15 is 0 Å². The number of amides is 2. The monoisotopic (exact) mass is 459 g/mol. The normalized spacial score (nSPS) is 23.9. The molecule has 2 bridgehead atoms. The summed E-state index contributed by atoms with van der Waals surface area (Å²) in [5.41, 5.74) is 1.71. The molecule has 2 heterocycles. The van der Waals surface area contributed by atoms with Gasteiger partial charge in [-0.1, -0.05) is 41.4 Å². The highest BCUT2D eigenvalue weighted by atomic mass is 35.5. The topological polar surface area (TPSA) is 61.4 Å². The first-order valence-electron chi connectivity index (χ1n) is 10.8. The van der Waals surface area contributed by atoms with Gasteiger partial charge in [-0.15, -0.1) is 0 Å². The first-order valence-corrected chi connectivity index (χ1v) is 11.5. The molecule has 4 rings (SSSR count). The van der Waals surface area contributed by atoms with Gasteiger partial charge >= 0.3 is 0 Å². The molecule has 5 nitrogen and oxygen atoms in total. The summed E-state index contributed by atoms with van der Waals surface area (Å²) in [6, 6.07) is 15.2. The van der Waals surface area contributed by atoms with E-state index in [0.29, 0.717) is 22.7 Å². The fourth-order valence-corrected chi connectivity index (χ4v) is 5.07. The number of hydrogen-bond donors (Lipinski definition) is 2. The molecule has 0 spiro atoms. The van der Waals surface area contributed by atoms with Crippen LogP contribution in [0.1, 0.15) is 48.5 Å². The number of nitrogens with zero attached hydrogens (tertiary/aromatic N) is 1. The molecule has 0 saturated carbocycles. The minimum Gasteiger partial charge on any atom is -0.351 e. The predicted molar refractivity (Wildman–Crippen MR) is 123 cm³/mol. The van der Waals surface area contributed by atoms with Crippen molar-refractivity contribution in [3.05, 3.63) is 69.7 Å². The van der Waals surface area contributed by atoms with Gasteiger partial charge in [-0.2, -0.15) is 0 Å². The van der Waals surface area contributed by atoms with Gasteiger partial charge in [0.2, 0.25) is 5.91 Å². The second-order valence-electron chi connectivity index (χ2n) is 8.57. The molecule has 2 aromatic rings. The van der Waals surface area contributed by atoms with E-state index in [2.05, 4.69) is 27.7 Å². The van der Waals surface area contributed by atoms with Crippen molar-refractivity contribution < 1.29 is 9.59 Å². The Balaban J connectivity index is 1.30. The fraction of sp³-hybridized carbons (Fsp3) is 0.417. The van der Waals surface area contributed by atoms with Crippen LogP contribution in [0.25, 0.3) is 0 Å². The number of piperidine rings is 1. The Morgan fingerprint density at radius 2 is 1.71 bits per heavy atom. The van der Waals surface area contributed by atoms with Crippen LogP contribution in [0.5, 0.6) is 0 Å². The maximum atomic E-state index is 12.7. The molecule has 0 aliphatic carbocycles. The lowest BCUT2D eigenvalue weighted by molar-refractivity contribution is -0.123. The molecule has 7 heteroatoms. The number of halogens is 2. The lowest BCUT2D eigenvalue weighted by Crippen LogP contribution is -2.53. The van der Waals surface area contributed by atoms with E-state index in [1.54, 1.807) is 31.2 Å². The lowest BCUT2D eigenvalue weighted by atomic mass is 9.96. The molecule has 2 aromatic carbocycles. The molecule has 164 valence electrons. The number of benzene rings is 2. The second kappa shape index (κ2) is 9.60. The molecule has 2 aliphatic heterocycles. The van der Waals surface area contributed by atoms with Crippen LogP contribution in [0.2, 0.25) is 10.0 Å². The van der Waals surface area contributed by atoms with Crippen molar-refractivity contribution in [2.45, 2.75) is 63.3 Å². The summed E-state index contributed by atoms with van der Waals surface area (Å²) in [6.45, 7) is 2.63. The molecule has 0 unspecified atom stereocenters. The van der Waals surface area contributed by atoms with E-state index in [4.69, 9.17) is 23.2 Å². The van der Waals surface area contributed by atoms with Crippen LogP contribution in [0.3, 0.4) is 0 Å². The summed E-state index contributed by atoms with van der Waals surface area (Å²) in [7, 11) is 0. The minimum absolute atomic E-state index is 0.136. The van der Waals surface area contributed by atoms with E-state index in [1.807, 2.05) is 12.1 Å². The molecular weight excluding hydrogens is 433 g/mol. The maximum Gasteiger partial charge on any atom is 0.251 e. The van der Waals surface area contributed by atoms with Crippen LogP contribution in [-0.4, -0.2) is 40.9 Å². The summed E-state index contributed by atoms with van der Waals surface area (Å²) < 4.78 is 0. The van der Waals surface area contributed by atoms with Gasteiger partial charge in [0.25, 0.3) is 5.91 Å². The van der Waals surface area contributed by atoms with Crippen LogP contribution in [0.15, 0.2) is 48.5 Å². The number of fused-ring (bicyclic) bond motifs is 2. The molecule has 2 aliphatic rings. The van der Waals surface area contributed by atoms with E-state index < -0.39 is 6.04 Å². The smallest absolute Gasteiger partial charge is 0.251 e. The van der Waals surface area contributed by atoms with E-state index in [1.165, 1.54) is 5.56 Å². The van der Waals surface area contributed by atoms with Crippen LogP contribution >= 0.6 is 23.2 Å². The second-order valence-corrected chi connectivity index (χ2v) is 9.44. The largest absolute Gasteiger partial charge is 0.351 e. The predicted octanol–water partition coefficient (Wildman–Crippen LogP) is 4.42. The van der Waals surface area contributed by atoms with Crippen molar-refractivity contribution in [1.29, 1.82) is 0 Å². The zero-order valence-electron chi connectivity index (χ0n) is 17.5. The van der Waals surface area contributed by atoms with Gasteiger partial charge in [-0.25, -0.2) is 0 Å². The van der Waals surface area contributed by atoms with Crippen LogP contribution in [0.4, 0.5) is 0 Å². The highest BCUT2D eigenvalue weighted by Gasteiger charge is 2.41. The van der Waals surface area contributed by atoms with Crippen molar-refractivity contribution in [1.82, 2.24) is 15.5 Å². The third-order valence-corrected chi connectivity index (χ3v) is 6.82. The molecule has 0 radical (unpaired) electrons. The molecule has 2 N–H and O–H groups in total. The zero-order chi connectivity index (χ0) is 22.0. The Labute approximate surface area is 193 Å². The summed E-state index contributed by atoms with van der Waals surface area (Å²) in [4.78, 5) is 27.7. The average molecular weight is 460 g/mol. The SMILES string of the molecule is C[C@H](NC(=O)c1cccc(Cl)c1)C(=O)N[C@H]1C[C@H]2CC[C@@H](C1)N2Cc1ccc(Cl)cc1. The number of carbonyl (C=O) groups excluding carboxylic acids is 2. The Morgan fingerprint density at radius 3 is 2.35 bits per heavy atom. The van der Waals surface area contributed by atoms with Crippen LogP contribution in [0, 0.1) is 0 Å². The molecule has 31 heavy (non-hydrogen) atoms. The van der Waals surface area contributed by atoms with Crippen molar-refractivity contribution in [3.8, 4) is 0 Å². The lowest BCUT2D eigenvalue weighted by Gasteiger charge is -2.39. The van der Waals surface area contributed by atoms with Gasteiger partial charge in [-0.3, -0.25) is 14.5 Å². The standard InChI is InChI=1S/C24H27Cl2N3O2/c1-15(27-24(31)17-3-2-4-19(26)11-17)23(30)28-20-12-21-9-10-22(13-20)29(21)14-16-5-7-18(25)8-6-16/h2-8,11,15,20-22H,9-10,12-14H2,1H3,(H,27,31)(H,28,30)/t15-,20-,21+,22-/m0/s1. The summed E-state index contributed by atoms with van der Waals surface area (Å²) in [5.74, 6) is -0.450. The molecular formula is C24H27Cl2N3O2. The maximum absolute atomic E-state index is 12.7. The van der Waals surface area contributed by atoms with E-state index in [0.717, 1.165) is 37.3 Å². The summed E-state index contributed by atoms with van der Waals surface area (Å²) in [5, 5.41) is 7.17. The zero-order valence-corrected chi connectivity index (χ0v) is 19.0. The number of carbonyl (C=O) groups is 2. The molecule has 2 saturated heterocycles. The van der Waals surface area contributed by atoms with Gasteiger partial charge < -0.3 is 10.6 Å². The third-order valence-electron chi connectivity index (χ3n) is 6.34. The number of rotatable bonds is 6. The third kappa shape index (κ3) is 5.40. The molecule has 2 fully saturated rings. The Morgan fingerprint density at radius 1 is 1.03 bits per heavy atom. The van der Waals surface area contributed by atoms with Crippen LogP contribution < -0.4 is 10.6 Å². The van der Waals surface area contributed by atoms with E-state index in [-0.39, 0.29) is 17.9 Å². The molecule has 2 amide bonds. The van der Waals surface area contributed by atoms with Crippen molar-refractivity contribution in [3.63, 3.8) is 0 Å². The highest BCUT2D eigenvalue weighted by molar-refractivity contribution is 6.31. The Bertz CT molecular complexity index is 936. The highest BCUT2D eigenvalue weighted by Crippen LogP contribution is 2.37. The van der Waals surface area contributed by atoms with Crippen molar-refractivity contribution in [2.75, 3.05) is 0 Å². The molecule has 4 atom stereocenters. The van der Waals surface area contributed by atoms with E-state index in [9.17, 15) is 9.59 Å². The van der Waals surface area contributed by atoms with Gasteiger partial charge in [0.1, 0.15) is 6.04 Å². The molecule has 0 aromatic heterocycles. The number of hydrogen-bond acceptors (Lipinski definition) is 3. The summed E-state index contributed by atoms with van der Waals surface area (Å²) in [6.07, 6.45) is 4.19. The minimum atomic E-state index is -0.615. The van der Waals surface area contributed by atoms with Gasteiger partial charge in [0, 0.05) is 40.3 Å². The van der Waals surface area contributed by atoms with Gasteiger partial charge in [-0.05, 0) is 68.5 Å². The van der Waals surface area contributed by atoms with Crippen molar-refractivity contribution >= 4 is 35.0 Å². The first-order chi connectivity index (χ1) is 14.9. The first kappa shape index (κ1) is 22.1. The van der Waals surface area contributed by atoms with Crippen LogP contribution in [-0.2, 0) is 11.3 Å². The van der Waals surface area contributed by atoms with Gasteiger partial charge in [0.15, 0.2) is 0 Å². The fourth-order valence-electron chi connectivity index (χ4n) is 4.75. The number of nitrogens with one attached hydrogen (secondary N) is 2. The Kier molecular flexibility index (Phi) is 6.85. The van der Waals surface area contributed by atoms with Gasteiger partial charge in [0.05, 0.1) is 0 Å². The van der Waals surface area contributed by atoms with Crippen molar-refractivity contribution in [2.24, 2.45) is 0 Å². The average Bonchev–Trinajstić information content (AvgIpc) is 2.97.